The van der Waals surface area contributed by atoms with Gasteiger partial charge < -0.3 is 10.5 Å². The van der Waals surface area contributed by atoms with Gasteiger partial charge in [-0.1, -0.05) is 11.6 Å². The minimum absolute atomic E-state index is 0.0863. The number of ether oxygens (including phenoxy) is 1. The molecule has 108 valence electrons. The van der Waals surface area contributed by atoms with E-state index in [1.807, 2.05) is 0 Å². The molecule has 1 rings (SSSR count). The number of rotatable bonds is 6. The Kier molecular flexibility index (Phi) is 5.54. The second kappa shape index (κ2) is 6.51. The Balaban J connectivity index is 3.06. The van der Waals surface area contributed by atoms with E-state index in [1.54, 1.807) is 6.92 Å². The Morgan fingerprint density at radius 2 is 2.11 bits per heavy atom. The van der Waals surface area contributed by atoms with Crippen molar-refractivity contribution in [2.75, 3.05) is 32.5 Å². The van der Waals surface area contributed by atoms with Crippen LogP contribution in [0.3, 0.4) is 0 Å². The molecule has 0 unspecified atom stereocenters. The van der Waals surface area contributed by atoms with Crippen LogP contribution in [0.4, 0.5) is 10.1 Å². The van der Waals surface area contributed by atoms with E-state index in [9.17, 15) is 12.8 Å². The van der Waals surface area contributed by atoms with Crippen molar-refractivity contribution in [2.45, 2.75) is 11.8 Å². The van der Waals surface area contributed by atoms with Gasteiger partial charge in [-0.2, -0.15) is 4.31 Å². The van der Waals surface area contributed by atoms with Crippen LogP contribution < -0.4 is 5.73 Å². The second-order valence-corrected chi connectivity index (χ2v) is 6.26. The van der Waals surface area contributed by atoms with E-state index >= 15 is 0 Å². The molecular formula is C11H16ClFN2O3S. The molecular weight excluding hydrogens is 295 g/mol. The lowest BCUT2D eigenvalue weighted by Gasteiger charge is -2.18. The van der Waals surface area contributed by atoms with E-state index in [1.165, 1.54) is 7.05 Å². The second-order valence-electron chi connectivity index (χ2n) is 3.84. The average Bonchev–Trinajstić information content (AvgIpc) is 2.33. The quantitative estimate of drug-likeness (QED) is 0.641. The smallest absolute Gasteiger partial charge is 0.245 e. The maximum absolute atomic E-state index is 13.8. The number of sulfonamides is 1. The first kappa shape index (κ1) is 16.2. The van der Waals surface area contributed by atoms with Crippen LogP contribution in [0.2, 0.25) is 5.02 Å². The molecule has 0 spiro atoms. The van der Waals surface area contributed by atoms with Gasteiger partial charge in [-0.25, -0.2) is 12.8 Å². The Morgan fingerprint density at radius 1 is 1.47 bits per heavy atom. The van der Waals surface area contributed by atoms with Crippen molar-refractivity contribution >= 4 is 27.3 Å². The summed E-state index contributed by atoms with van der Waals surface area (Å²) in [4.78, 5) is -0.531. The minimum Gasteiger partial charge on any atom is -0.399 e. The van der Waals surface area contributed by atoms with Crippen molar-refractivity contribution in [3.05, 3.63) is 23.0 Å². The van der Waals surface area contributed by atoms with Gasteiger partial charge >= 0.3 is 0 Å². The van der Waals surface area contributed by atoms with Crippen LogP contribution >= 0.6 is 11.6 Å². The fourth-order valence-corrected chi connectivity index (χ4v) is 2.95. The molecule has 0 saturated heterocycles. The third-order valence-corrected chi connectivity index (χ3v) is 4.59. The van der Waals surface area contributed by atoms with Crippen LogP contribution in [0.5, 0.6) is 0 Å². The molecule has 0 aromatic heterocycles. The summed E-state index contributed by atoms with van der Waals surface area (Å²) in [6, 6.07) is 2.21. The lowest BCUT2D eigenvalue weighted by atomic mass is 10.3. The molecule has 0 fully saturated rings. The summed E-state index contributed by atoms with van der Waals surface area (Å²) in [7, 11) is -2.64. The summed E-state index contributed by atoms with van der Waals surface area (Å²) in [5.41, 5.74) is 5.57. The zero-order valence-corrected chi connectivity index (χ0v) is 12.3. The van der Waals surface area contributed by atoms with Crippen molar-refractivity contribution < 1.29 is 17.5 Å². The monoisotopic (exact) mass is 310 g/mol. The predicted molar refractivity (Wildman–Crippen MR) is 72.1 cm³/mol. The lowest BCUT2D eigenvalue weighted by molar-refractivity contribution is 0.138. The SMILES string of the molecule is CCOCCN(C)S(=O)(=O)c1cc(N)cc(Cl)c1F. The minimum atomic E-state index is -3.98. The maximum atomic E-state index is 13.8. The standard InChI is InChI=1S/C11H16ClFN2O3S/c1-3-18-5-4-15(2)19(16,17)10-7-8(14)6-9(12)11(10)13/h6-7H,3-5,14H2,1-2H3. The van der Waals surface area contributed by atoms with Gasteiger partial charge in [0.25, 0.3) is 0 Å². The first-order chi connectivity index (χ1) is 8.80. The van der Waals surface area contributed by atoms with Gasteiger partial charge in [0.05, 0.1) is 11.6 Å². The van der Waals surface area contributed by atoms with Crippen LogP contribution in [0.15, 0.2) is 17.0 Å². The first-order valence-corrected chi connectivity index (χ1v) is 7.41. The highest BCUT2D eigenvalue weighted by atomic mass is 35.5. The van der Waals surface area contributed by atoms with E-state index in [-0.39, 0.29) is 23.9 Å². The number of nitrogens with zero attached hydrogens (tertiary/aromatic N) is 1. The molecule has 5 nitrogen and oxygen atoms in total. The Labute approximate surface area is 117 Å². The van der Waals surface area contributed by atoms with Crippen molar-refractivity contribution in [1.82, 2.24) is 4.31 Å². The van der Waals surface area contributed by atoms with Crippen molar-refractivity contribution in [3.63, 3.8) is 0 Å². The van der Waals surface area contributed by atoms with Crippen LogP contribution in [0.1, 0.15) is 6.92 Å². The molecule has 0 aliphatic carbocycles. The molecule has 0 saturated carbocycles. The summed E-state index contributed by atoms with van der Waals surface area (Å²) in [6.45, 7) is 2.62. The van der Waals surface area contributed by atoms with Gasteiger partial charge in [-0.15, -0.1) is 0 Å². The Hall–Kier alpha value is -0.890. The molecule has 0 aliphatic rings. The van der Waals surface area contributed by atoms with Gasteiger partial charge in [-0.05, 0) is 19.1 Å². The first-order valence-electron chi connectivity index (χ1n) is 5.59. The normalized spacial score (nSPS) is 12.1. The fraction of sp³-hybridized carbons (Fsp3) is 0.455. The fourth-order valence-electron chi connectivity index (χ4n) is 1.40. The maximum Gasteiger partial charge on any atom is 0.245 e. The zero-order valence-electron chi connectivity index (χ0n) is 10.7. The van der Waals surface area contributed by atoms with Gasteiger partial charge in [0.1, 0.15) is 4.90 Å². The summed E-state index contributed by atoms with van der Waals surface area (Å²) >= 11 is 5.59. The molecule has 0 amide bonds. The summed E-state index contributed by atoms with van der Waals surface area (Å²) in [5, 5.41) is -0.322. The number of hydrogen-bond acceptors (Lipinski definition) is 4. The van der Waals surface area contributed by atoms with Crippen molar-refractivity contribution in [3.8, 4) is 0 Å². The summed E-state index contributed by atoms with van der Waals surface area (Å²) in [5.74, 6) is -1.00. The zero-order chi connectivity index (χ0) is 14.6. The van der Waals surface area contributed by atoms with Gasteiger partial charge in [0.15, 0.2) is 5.82 Å². The number of nitrogen functional groups attached to an aromatic ring is 1. The van der Waals surface area contributed by atoms with E-state index in [0.717, 1.165) is 16.4 Å². The number of nitrogens with two attached hydrogens (primary N) is 1. The average molecular weight is 311 g/mol. The number of halogens is 2. The molecule has 0 aliphatic heterocycles. The highest BCUT2D eigenvalue weighted by molar-refractivity contribution is 7.89. The van der Waals surface area contributed by atoms with Crippen molar-refractivity contribution in [1.29, 1.82) is 0 Å². The molecule has 0 heterocycles. The van der Waals surface area contributed by atoms with E-state index < -0.39 is 20.7 Å². The van der Waals surface area contributed by atoms with E-state index in [0.29, 0.717) is 6.61 Å². The van der Waals surface area contributed by atoms with Crippen LogP contribution in [0.25, 0.3) is 0 Å². The Bertz CT molecular complexity index is 551. The third kappa shape index (κ3) is 3.79. The van der Waals surface area contributed by atoms with Gasteiger partial charge in [0.2, 0.25) is 10.0 Å². The van der Waals surface area contributed by atoms with Gasteiger partial charge in [0, 0.05) is 25.9 Å². The number of anilines is 1. The topological polar surface area (TPSA) is 72.6 Å². The third-order valence-electron chi connectivity index (χ3n) is 2.46. The van der Waals surface area contributed by atoms with Crippen LogP contribution in [0, 0.1) is 5.82 Å². The predicted octanol–water partition coefficient (Wildman–Crippen LogP) is 1.72. The molecule has 0 bridgehead atoms. The highest BCUT2D eigenvalue weighted by Gasteiger charge is 2.26. The molecule has 0 radical (unpaired) electrons. The molecule has 19 heavy (non-hydrogen) atoms. The van der Waals surface area contributed by atoms with E-state index in [4.69, 9.17) is 22.1 Å². The molecule has 2 N–H and O–H groups in total. The van der Waals surface area contributed by atoms with Crippen LogP contribution in [-0.2, 0) is 14.8 Å². The molecule has 8 heteroatoms. The molecule has 1 aromatic carbocycles. The Morgan fingerprint density at radius 3 is 2.68 bits per heavy atom. The van der Waals surface area contributed by atoms with Crippen LogP contribution in [-0.4, -0.2) is 39.5 Å². The molecule has 0 atom stereocenters. The van der Waals surface area contributed by atoms with Crippen molar-refractivity contribution in [2.24, 2.45) is 0 Å². The number of hydrogen-bond donors (Lipinski definition) is 1. The van der Waals surface area contributed by atoms with E-state index in [2.05, 4.69) is 0 Å². The number of likely N-dealkylation sites (N-methyl/N-ethyl adjacent to an activating group) is 1. The number of benzene rings is 1. The highest BCUT2D eigenvalue weighted by Crippen LogP contribution is 2.27. The molecule has 1 aromatic rings. The van der Waals surface area contributed by atoms with Gasteiger partial charge in [-0.3, -0.25) is 0 Å². The summed E-state index contributed by atoms with van der Waals surface area (Å²) in [6.07, 6.45) is 0. The summed E-state index contributed by atoms with van der Waals surface area (Å²) < 4.78 is 44.2. The largest absolute Gasteiger partial charge is 0.399 e. The lowest BCUT2D eigenvalue weighted by Crippen LogP contribution is -2.31.